The number of hydrogen-bond donors (Lipinski definition) is 0. The predicted molar refractivity (Wildman–Crippen MR) is 172 cm³/mol. The Hall–Kier alpha value is -3.95. The van der Waals surface area contributed by atoms with Crippen molar-refractivity contribution < 1.29 is 19.0 Å². The standard InChI is InChI=1S/C34H33BrN2O5S/c1-6-41-33(39)30-21(4)36-34-37(31(30)24-14-12-23(13-15-24)20(2)3)32(38)29(43-34)17-25-16-27(40-5)28(18-26(25)35)42-19-22-10-8-7-9-11-22/h7-18,20,31H,6,19H2,1-5H3/t31-/m1/s1. The first-order chi connectivity index (χ1) is 20.7. The Balaban J connectivity index is 1.59. The SMILES string of the molecule is CCOC(=O)C1=C(C)N=c2sc(=Cc3cc(OC)c(OCc4ccccc4)cc3Br)c(=O)n2[C@@H]1c1ccc(C(C)C)cc1. The van der Waals surface area contributed by atoms with Crippen molar-refractivity contribution in [1.29, 1.82) is 0 Å². The van der Waals surface area contributed by atoms with Crippen molar-refractivity contribution >= 4 is 39.3 Å². The fourth-order valence-corrected chi connectivity index (χ4v) is 6.45. The summed E-state index contributed by atoms with van der Waals surface area (Å²) in [6.45, 7) is 8.42. The first kappa shape index (κ1) is 30.5. The smallest absolute Gasteiger partial charge is 0.338 e. The van der Waals surface area contributed by atoms with Gasteiger partial charge in [-0.15, -0.1) is 0 Å². The minimum atomic E-state index is -0.662. The Morgan fingerprint density at radius 3 is 2.47 bits per heavy atom. The molecule has 2 heterocycles. The van der Waals surface area contributed by atoms with Gasteiger partial charge in [0.15, 0.2) is 16.3 Å². The average molecular weight is 662 g/mol. The quantitative estimate of drug-likeness (QED) is 0.198. The van der Waals surface area contributed by atoms with Gasteiger partial charge in [-0.2, -0.15) is 0 Å². The highest BCUT2D eigenvalue weighted by molar-refractivity contribution is 9.10. The molecule has 222 valence electrons. The van der Waals surface area contributed by atoms with E-state index in [9.17, 15) is 9.59 Å². The summed E-state index contributed by atoms with van der Waals surface area (Å²) in [5, 5.41) is 0. The van der Waals surface area contributed by atoms with Crippen molar-refractivity contribution in [3.63, 3.8) is 0 Å². The average Bonchev–Trinajstić information content (AvgIpc) is 3.30. The van der Waals surface area contributed by atoms with Crippen LogP contribution in [0.15, 0.2) is 92.3 Å². The molecule has 1 aliphatic heterocycles. The van der Waals surface area contributed by atoms with E-state index in [-0.39, 0.29) is 12.2 Å². The zero-order chi connectivity index (χ0) is 30.7. The van der Waals surface area contributed by atoms with E-state index in [0.29, 0.717) is 44.6 Å². The molecule has 0 radical (unpaired) electrons. The number of aromatic nitrogens is 1. The number of nitrogens with zero attached hydrogens (tertiary/aromatic N) is 2. The van der Waals surface area contributed by atoms with E-state index in [1.54, 1.807) is 31.6 Å². The number of halogens is 1. The van der Waals surface area contributed by atoms with Crippen LogP contribution in [0.25, 0.3) is 6.08 Å². The van der Waals surface area contributed by atoms with Crippen molar-refractivity contribution in [3.05, 3.63) is 124 Å². The molecule has 0 N–H and O–H groups in total. The lowest BCUT2D eigenvalue weighted by molar-refractivity contribution is -0.139. The number of ether oxygens (including phenoxy) is 3. The Bertz CT molecular complexity index is 1860. The number of rotatable bonds is 9. The fourth-order valence-electron chi connectivity index (χ4n) is 4.98. The molecule has 1 aliphatic rings. The molecule has 1 aromatic heterocycles. The lowest BCUT2D eigenvalue weighted by Gasteiger charge is -2.25. The molecular formula is C34H33BrN2O5S. The number of allylic oxidation sites excluding steroid dienone is 1. The number of esters is 1. The molecule has 0 bridgehead atoms. The zero-order valence-electron chi connectivity index (χ0n) is 24.7. The molecule has 9 heteroatoms. The van der Waals surface area contributed by atoms with Crippen LogP contribution >= 0.6 is 27.3 Å². The van der Waals surface area contributed by atoms with Crippen LogP contribution in [0.3, 0.4) is 0 Å². The Morgan fingerprint density at radius 1 is 1.09 bits per heavy atom. The molecule has 43 heavy (non-hydrogen) atoms. The van der Waals surface area contributed by atoms with Crippen molar-refractivity contribution in [2.45, 2.75) is 46.3 Å². The summed E-state index contributed by atoms with van der Waals surface area (Å²) >= 11 is 4.93. The molecule has 4 aromatic rings. The van der Waals surface area contributed by atoms with Gasteiger partial charge in [0.2, 0.25) is 0 Å². The third-order valence-corrected chi connectivity index (χ3v) is 8.91. The van der Waals surface area contributed by atoms with Crippen LogP contribution in [-0.2, 0) is 16.1 Å². The second-order valence-corrected chi connectivity index (χ2v) is 12.3. The van der Waals surface area contributed by atoms with Crippen molar-refractivity contribution in [1.82, 2.24) is 4.57 Å². The van der Waals surface area contributed by atoms with Crippen LogP contribution in [0.4, 0.5) is 0 Å². The van der Waals surface area contributed by atoms with Gasteiger partial charge in [0, 0.05) is 4.47 Å². The molecule has 7 nitrogen and oxygen atoms in total. The molecule has 0 fully saturated rings. The largest absolute Gasteiger partial charge is 0.493 e. The molecule has 0 aliphatic carbocycles. The van der Waals surface area contributed by atoms with Crippen LogP contribution in [0.1, 0.15) is 61.9 Å². The molecule has 0 saturated heterocycles. The normalized spacial score (nSPS) is 14.9. The molecule has 0 amide bonds. The van der Waals surface area contributed by atoms with Crippen LogP contribution in [-0.4, -0.2) is 24.3 Å². The number of carbonyl (C=O) groups excluding carboxylic acids is 1. The van der Waals surface area contributed by atoms with Gasteiger partial charge in [0.1, 0.15) is 6.61 Å². The first-order valence-electron chi connectivity index (χ1n) is 14.1. The van der Waals surface area contributed by atoms with E-state index >= 15 is 0 Å². The third-order valence-electron chi connectivity index (χ3n) is 7.24. The Morgan fingerprint density at radius 2 is 1.81 bits per heavy atom. The van der Waals surface area contributed by atoms with E-state index < -0.39 is 12.0 Å². The second kappa shape index (κ2) is 13.1. The summed E-state index contributed by atoms with van der Waals surface area (Å²) in [5.41, 5.74) is 4.42. The maximum Gasteiger partial charge on any atom is 0.338 e. The Labute approximate surface area is 262 Å². The van der Waals surface area contributed by atoms with Gasteiger partial charge < -0.3 is 14.2 Å². The lowest BCUT2D eigenvalue weighted by atomic mass is 9.93. The van der Waals surface area contributed by atoms with Gasteiger partial charge in [0.25, 0.3) is 5.56 Å². The van der Waals surface area contributed by atoms with Gasteiger partial charge in [-0.25, -0.2) is 9.79 Å². The highest BCUT2D eigenvalue weighted by Gasteiger charge is 2.33. The Kier molecular flexibility index (Phi) is 9.32. The molecule has 0 saturated carbocycles. The fraction of sp³-hybridized carbons (Fsp3) is 0.265. The topological polar surface area (TPSA) is 79.1 Å². The molecule has 1 atom stereocenters. The molecule has 5 rings (SSSR count). The highest BCUT2D eigenvalue weighted by atomic mass is 79.9. The molecule has 3 aromatic carbocycles. The molecular weight excluding hydrogens is 628 g/mol. The van der Waals surface area contributed by atoms with Crippen molar-refractivity contribution in [2.75, 3.05) is 13.7 Å². The van der Waals surface area contributed by atoms with Crippen LogP contribution in [0, 0.1) is 0 Å². The summed E-state index contributed by atoms with van der Waals surface area (Å²) in [6.07, 6.45) is 1.81. The van der Waals surface area contributed by atoms with Crippen molar-refractivity contribution in [3.8, 4) is 11.5 Å². The number of carbonyl (C=O) groups is 1. The number of thiazole rings is 1. The zero-order valence-corrected chi connectivity index (χ0v) is 27.1. The minimum absolute atomic E-state index is 0.222. The summed E-state index contributed by atoms with van der Waals surface area (Å²) in [4.78, 5) is 32.4. The summed E-state index contributed by atoms with van der Waals surface area (Å²) in [7, 11) is 1.58. The summed E-state index contributed by atoms with van der Waals surface area (Å²) < 4.78 is 19.9. The third kappa shape index (κ3) is 6.38. The van der Waals surface area contributed by atoms with Crippen LogP contribution in [0.5, 0.6) is 11.5 Å². The molecule has 0 unspecified atom stereocenters. The number of fused-ring (bicyclic) bond motifs is 1. The van der Waals surface area contributed by atoms with E-state index in [1.165, 1.54) is 16.9 Å². The van der Waals surface area contributed by atoms with Crippen molar-refractivity contribution in [2.24, 2.45) is 4.99 Å². The van der Waals surface area contributed by atoms with Crippen LogP contribution in [0.2, 0.25) is 0 Å². The van der Waals surface area contributed by atoms with E-state index in [4.69, 9.17) is 14.2 Å². The van der Waals surface area contributed by atoms with Gasteiger partial charge in [0.05, 0.1) is 35.6 Å². The van der Waals surface area contributed by atoms with Gasteiger partial charge in [-0.05, 0) is 60.2 Å². The minimum Gasteiger partial charge on any atom is -0.493 e. The lowest BCUT2D eigenvalue weighted by Crippen LogP contribution is -2.39. The second-order valence-electron chi connectivity index (χ2n) is 10.4. The van der Waals surface area contributed by atoms with E-state index in [2.05, 4.69) is 34.8 Å². The summed E-state index contributed by atoms with van der Waals surface area (Å²) in [6, 6.07) is 20.9. The highest BCUT2D eigenvalue weighted by Crippen LogP contribution is 2.35. The number of hydrogen-bond acceptors (Lipinski definition) is 7. The van der Waals surface area contributed by atoms with E-state index in [1.807, 2.05) is 66.7 Å². The first-order valence-corrected chi connectivity index (χ1v) is 15.7. The van der Waals surface area contributed by atoms with Gasteiger partial charge >= 0.3 is 5.97 Å². The monoisotopic (exact) mass is 660 g/mol. The predicted octanol–water partition coefficient (Wildman–Crippen LogP) is 6.27. The van der Waals surface area contributed by atoms with Gasteiger partial charge in [-0.3, -0.25) is 9.36 Å². The van der Waals surface area contributed by atoms with E-state index in [0.717, 1.165) is 21.2 Å². The number of methoxy groups -OCH3 is 1. The number of benzene rings is 3. The maximum absolute atomic E-state index is 14.0. The maximum atomic E-state index is 14.0. The molecule has 0 spiro atoms. The van der Waals surface area contributed by atoms with Crippen LogP contribution < -0.4 is 24.4 Å². The summed E-state index contributed by atoms with van der Waals surface area (Å²) in [5.74, 6) is 0.996. The van der Waals surface area contributed by atoms with Gasteiger partial charge in [-0.1, -0.05) is 95.7 Å².